The quantitative estimate of drug-likeness (QED) is 0.671. The van der Waals surface area contributed by atoms with Crippen LogP contribution in [0.5, 0.6) is 0 Å². The second-order valence-corrected chi connectivity index (χ2v) is 8.41. The fourth-order valence-electron chi connectivity index (χ4n) is 3.33. The number of thioether (sulfide) groups is 1. The molecule has 2 heterocycles. The van der Waals surface area contributed by atoms with E-state index in [1.54, 1.807) is 29.1 Å². The molecule has 0 bridgehead atoms. The molecule has 1 aliphatic rings. The average molecular weight is 408 g/mol. The summed E-state index contributed by atoms with van der Waals surface area (Å²) in [6, 6.07) is 0.0966. The summed E-state index contributed by atoms with van der Waals surface area (Å²) in [5, 5.41) is 2.82. The van der Waals surface area contributed by atoms with E-state index >= 15 is 0 Å². The van der Waals surface area contributed by atoms with Crippen molar-refractivity contribution in [3.8, 4) is 0 Å². The van der Waals surface area contributed by atoms with Crippen LogP contribution in [0.15, 0.2) is 17.2 Å². The molecule has 1 saturated heterocycles. The fourth-order valence-corrected chi connectivity index (χ4v) is 3.77. The van der Waals surface area contributed by atoms with Crippen molar-refractivity contribution in [2.75, 3.05) is 31.6 Å². The van der Waals surface area contributed by atoms with Gasteiger partial charge in [0.05, 0.1) is 0 Å². The van der Waals surface area contributed by atoms with Gasteiger partial charge in [-0.2, -0.15) is 11.8 Å². The minimum Gasteiger partial charge on any atom is -0.352 e. The first kappa shape index (κ1) is 22.5. The molecule has 1 N–H and O–H groups in total. The molecule has 6 nitrogen and oxygen atoms in total. The maximum Gasteiger partial charge on any atom is 0.259 e. The standard InChI is InChI=1S/C21H33N3O3S/c1-4-16(2)24-14-17(20(26)22-10-9-13-28-3)19(25)18(15-24)21(27)23-11-7-5-6-8-12-23/h14-16H,4-13H2,1-3H3,(H,22,26). The largest absolute Gasteiger partial charge is 0.352 e. The Bertz CT molecular complexity index is 724. The van der Waals surface area contributed by atoms with Crippen LogP contribution in [0.2, 0.25) is 0 Å². The van der Waals surface area contributed by atoms with Crippen LogP contribution in [-0.4, -0.2) is 52.9 Å². The van der Waals surface area contributed by atoms with Crippen LogP contribution in [0, 0.1) is 0 Å². The third-order valence-corrected chi connectivity index (χ3v) is 6.02. The monoisotopic (exact) mass is 407 g/mol. The van der Waals surface area contributed by atoms with E-state index in [1.165, 1.54) is 0 Å². The van der Waals surface area contributed by atoms with Gasteiger partial charge in [-0.3, -0.25) is 14.4 Å². The van der Waals surface area contributed by atoms with E-state index in [2.05, 4.69) is 5.32 Å². The van der Waals surface area contributed by atoms with Gasteiger partial charge in [-0.15, -0.1) is 0 Å². The minimum absolute atomic E-state index is 0.0603. The maximum absolute atomic E-state index is 13.1. The summed E-state index contributed by atoms with van der Waals surface area (Å²) in [4.78, 5) is 40.5. The molecule has 0 saturated carbocycles. The van der Waals surface area contributed by atoms with Gasteiger partial charge in [0.25, 0.3) is 11.8 Å². The zero-order chi connectivity index (χ0) is 20.5. The SMILES string of the molecule is CCC(C)n1cc(C(=O)NCCCSC)c(=O)c(C(=O)N2CCCCCC2)c1. The summed E-state index contributed by atoms with van der Waals surface area (Å²) in [6.07, 6.45) is 11.1. The van der Waals surface area contributed by atoms with Crippen LogP contribution in [0.4, 0.5) is 0 Å². The first-order valence-electron chi connectivity index (χ1n) is 10.3. The van der Waals surface area contributed by atoms with Crippen LogP contribution < -0.4 is 10.7 Å². The Morgan fingerprint density at radius 2 is 1.79 bits per heavy atom. The van der Waals surface area contributed by atoms with E-state index in [9.17, 15) is 14.4 Å². The highest BCUT2D eigenvalue weighted by atomic mass is 32.2. The average Bonchev–Trinajstić information content (AvgIpc) is 2.99. The Labute approximate surface area is 172 Å². The molecule has 0 aromatic carbocycles. The fraction of sp³-hybridized carbons (Fsp3) is 0.667. The van der Waals surface area contributed by atoms with Crippen molar-refractivity contribution < 1.29 is 9.59 Å². The topological polar surface area (TPSA) is 71.4 Å². The number of pyridine rings is 1. The lowest BCUT2D eigenvalue weighted by Gasteiger charge is -2.22. The number of rotatable bonds is 8. The van der Waals surface area contributed by atoms with Crippen molar-refractivity contribution in [3.63, 3.8) is 0 Å². The van der Waals surface area contributed by atoms with E-state index in [1.807, 2.05) is 24.7 Å². The van der Waals surface area contributed by atoms with Crippen molar-refractivity contribution in [3.05, 3.63) is 33.7 Å². The Kier molecular flexibility index (Phi) is 9.09. The van der Waals surface area contributed by atoms with Crippen LogP contribution in [0.3, 0.4) is 0 Å². The predicted octanol–water partition coefficient (Wildman–Crippen LogP) is 3.32. The van der Waals surface area contributed by atoms with Gasteiger partial charge in [0.15, 0.2) is 0 Å². The maximum atomic E-state index is 13.1. The normalized spacial score (nSPS) is 15.8. The summed E-state index contributed by atoms with van der Waals surface area (Å²) in [5.41, 5.74) is -0.291. The van der Waals surface area contributed by atoms with Crippen LogP contribution >= 0.6 is 11.8 Å². The molecular weight excluding hydrogens is 374 g/mol. The first-order chi connectivity index (χ1) is 13.5. The van der Waals surface area contributed by atoms with Gasteiger partial charge in [0.2, 0.25) is 5.43 Å². The van der Waals surface area contributed by atoms with Gasteiger partial charge in [0, 0.05) is 38.1 Å². The number of hydrogen-bond acceptors (Lipinski definition) is 4. The second-order valence-electron chi connectivity index (χ2n) is 7.43. The summed E-state index contributed by atoms with van der Waals surface area (Å²) in [5.74, 6) is 0.305. The third kappa shape index (κ3) is 5.87. The van der Waals surface area contributed by atoms with E-state index < -0.39 is 11.3 Å². The molecule has 0 radical (unpaired) electrons. The number of nitrogens with zero attached hydrogens (tertiary/aromatic N) is 2. The van der Waals surface area contributed by atoms with Gasteiger partial charge in [-0.25, -0.2) is 0 Å². The second kappa shape index (κ2) is 11.3. The third-order valence-electron chi connectivity index (χ3n) is 5.32. The van der Waals surface area contributed by atoms with Crippen molar-refractivity contribution in [1.29, 1.82) is 0 Å². The van der Waals surface area contributed by atoms with Crippen molar-refractivity contribution in [2.24, 2.45) is 0 Å². The predicted molar refractivity (Wildman–Crippen MR) is 115 cm³/mol. The Morgan fingerprint density at radius 3 is 2.39 bits per heavy atom. The summed E-state index contributed by atoms with van der Waals surface area (Å²) in [7, 11) is 0. The molecule has 1 aromatic rings. The lowest BCUT2D eigenvalue weighted by Crippen LogP contribution is -2.38. The Morgan fingerprint density at radius 1 is 1.14 bits per heavy atom. The van der Waals surface area contributed by atoms with Crippen LogP contribution in [-0.2, 0) is 0 Å². The van der Waals surface area contributed by atoms with Crippen LogP contribution in [0.25, 0.3) is 0 Å². The molecular formula is C21H33N3O3S. The Balaban J connectivity index is 2.34. The smallest absolute Gasteiger partial charge is 0.259 e. The zero-order valence-corrected chi connectivity index (χ0v) is 18.1. The van der Waals surface area contributed by atoms with Gasteiger partial charge in [-0.05, 0) is 44.6 Å². The highest BCUT2D eigenvalue weighted by Gasteiger charge is 2.24. The lowest BCUT2D eigenvalue weighted by atomic mass is 10.1. The van der Waals surface area contributed by atoms with Gasteiger partial charge in [0.1, 0.15) is 11.1 Å². The molecule has 1 atom stereocenters. The van der Waals surface area contributed by atoms with Crippen molar-refractivity contribution in [2.45, 2.75) is 58.4 Å². The molecule has 28 heavy (non-hydrogen) atoms. The van der Waals surface area contributed by atoms with E-state index in [-0.39, 0.29) is 23.1 Å². The van der Waals surface area contributed by atoms with Crippen molar-refractivity contribution >= 4 is 23.6 Å². The number of likely N-dealkylation sites (tertiary alicyclic amines) is 1. The van der Waals surface area contributed by atoms with Gasteiger partial charge in [-0.1, -0.05) is 19.8 Å². The van der Waals surface area contributed by atoms with E-state index in [0.29, 0.717) is 19.6 Å². The molecule has 1 fully saturated rings. The molecule has 1 unspecified atom stereocenters. The summed E-state index contributed by atoms with van der Waals surface area (Å²) >= 11 is 1.72. The minimum atomic E-state index is -0.462. The highest BCUT2D eigenvalue weighted by molar-refractivity contribution is 7.98. The van der Waals surface area contributed by atoms with Gasteiger partial charge >= 0.3 is 0 Å². The number of carbonyl (C=O) groups is 2. The zero-order valence-electron chi connectivity index (χ0n) is 17.3. The Hall–Kier alpha value is -1.76. The van der Waals surface area contributed by atoms with E-state index in [4.69, 9.17) is 0 Å². The molecule has 0 aliphatic carbocycles. The number of carbonyl (C=O) groups excluding carboxylic acids is 2. The molecule has 7 heteroatoms. The molecule has 2 amide bonds. The van der Waals surface area contributed by atoms with Gasteiger partial charge < -0.3 is 14.8 Å². The highest BCUT2D eigenvalue weighted by Crippen LogP contribution is 2.15. The van der Waals surface area contributed by atoms with Crippen LogP contribution in [0.1, 0.15) is 79.1 Å². The molecule has 156 valence electrons. The first-order valence-corrected chi connectivity index (χ1v) is 11.7. The van der Waals surface area contributed by atoms with E-state index in [0.717, 1.165) is 44.3 Å². The summed E-state index contributed by atoms with van der Waals surface area (Å²) < 4.78 is 1.84. The lowest BCUT2D eigenvalue weighted by molar-refractivity contribution is 0.0759. The molecule has 0 spiro atoms. The molecule has 2 rings (SSSR count). The number of amides is 2. The van der Waals surface area contributed by atoms with Crippen molar-refractivity contribution in [1.82, 2.24) is 14.8 Å². The summed E-state index contributed by atoms with van der Waals surface area (Å²) in [6.45, 7) is 5.93. The molecule has 1 aliphatic heterocycles. The number of nitrogens with one attached hydrogen (secondary N) is 1. The molecule has 1 aromatic heterocycles. The number of aromatic nitrogens is 1. The number of hydrogen-bond donors (Lipinski definition) is 1.